The van der Waals surface area contributed by atoms with Crippen LogP contribution in [0.2, 0.25) is 0 Å². The predicted octanol–water partition coefficient (Wildman–Crippen LogP) is 3.50. The largest absolute Gasteiger partial charge is 0.497 e. The van der Waals surface area contributed by atoms with E-state index >= 15 is 0 Å². The van der Waals surface area contributed by atoms with E-state index in [1.165, 1.54) is 5.56 Å². The molecule has 0 amide bonds. The van der Waals surface area contributed by atoms with E-state index in [2.05, 4.69) is 43.8 Å². The molecule has 1 saturated heterocycles. The first-order valence-corrected chi connectivity index (χ1v) is 10.3. The normalized spacial score (nSPS) is 14.2. The number of ether oxygens (including phenoxy) is 1. The van der Waals surface area contributed by atoms with Gasteiger partial charge in [0, 0.05) is 43.6 Å². The number of nitrogens with zero attached hydrogens (tertiary/aromatic N) is 6. The second-order valence-electron chi connectivity index (χ2n) is 7.76. The first-order valence-electron chi connectivity index (χ1n) is 10.3. The van der Waals surface area contributed by atoms with Gasteiger partial charge in [-0.15, -0.1) is 10.2 Å². The van der Waals surface area contributed by atoms with Gasteiger partial charge in [-0.25, -0.2) is 9.97 Å². The molecule has 0 bridgehead atoms. The first-order chi connectivity index (χ1) is 14.5. The Bertz CT molecular complexity index is 1040. The van der Waals surface area contributed by atoms with E-state index in [0.29, 0.717) is 0 Å². The van der Waals surface area contributed by atoms with E-state index in [4.69, 9.17) is 4.74 Å². The van der Waals surface area contributed by atoms with Crippen molar-refractivity contribution >= 4 is 11.8 Å². The molecule has 0 radical (unpaired) electrons. The Morgan fingerprint density at radius 3 is 2.13 bits per heavy atom. The molecule has 1 aliphatic rings. The molecule has 0 aliphatic carbocycles. The van der Waals surface area contributed by atoms with Gasteiger partial charge in [-0.05, 0) is 68.7 Å². The van der Waals surface area contributed by atoms with Crippen LogP contribution in [0.15, 0.2) is 30.5 Å². The maximum absolute atomic E-state index is 5.25. The highest BCUT2D eigenvalue weighted by Gasteiger charge is 2.23. The third kappa shape index (κ3) is 3.79. The van der Waals surface area contributed by atoms with Gasteiger partial charge in [-0.2, -0.15) is 0 Å². The van der Waals surface area contributed by atoms with Gasteiger partial charge < -0.3 is 14.5 Å². The second-order valence-corrected chi connectivity index (χ2v) is 7.76. The molecule has 1 fully saturated rings. The minimum Gasteiger partial charge on any atom is -0.497 e. The van der Waals surface area contributed by atoms with Crippen molar-refractivity contribution in [2.75, 3.05) is 43.1 Å². The average molecular weight is 405 g/mol. The highest BCUT2D eigenvalue weighted by molar-refractivity contribution is 5.67. The second kappa shape index (κ2) is 8.26. The van der Waals surface area contributed by atoms with Gasteiger partial charge in [0.25, 0.3) is 0 Å². The SMILES string of the molecule is COc1ccc(-c2nnc(N3CCN(c4ncc(C)c(C)n4)CC3)c(C)c2C)cc1. The van der Waals surface area contributed by atoms with Crippen molar-refractivity contribution in [1.29, 1.82) is 0 Å². The van der Waals surface area contributed by atoms with Crippen LogP contribution in [-0.2, 0) is 0 Å². The van der Waals surface area contributed by atoms with Gasteiger partial charge in [-0.1, -0.05) is 0 Å². The van der Waals surface area contributed by atoms with Crippen molar-refractivity contribution in [3.63, 3.8) is 0 Å². The van der Waals surface area contributed by atoms with E-state index in [-0.39, 0.29) is 0 Å². The Kier molecular flexibility index (Phi) is 5.53. The molecule has 0 atom stereocenters. The van der Waals surface area contributed by atoms with Gasteiger partial charge in [0.15, 0.2) is 5.82 Å². The molecule has 0 unspecified atom stereocenters. The monoisotopic (exact) mass is 404 g/mol. The third-order valence-corrected chi connectivity index (χ3v) is 5.94. The fourth-order valence-corrected chi connectivity index (χ4v) is 3.70. The smallest absolute Gasteiger partial charge is 0.225 e. The van der Waals surface area contributed by atoms with Crippen LogP contribution in [0.1, 0.15) is 22.4 Å². The summed E-state index contributed by atoms with van der Waals surface area (Å²) < 4.78 is 5.25. The van der Waals surface area contributed by atoms with Crippen molar-refractivity contribution in [3.8, 4) is 17.0 Å². The molecule has 0 N–H and O–H groups in total. The minimum absolute atomic E-state index is 0.812. The Balaban J connectivity index is 1.51. The lowest BCUT2D eigenvalue weighted by Crippen LogP contribution is -2.47. The summed E-state index contributed by atoms with van der Waals surface area (Å²) in [6, 6.07) is 7.95. The third-order valence-electron chi connectivity index (χ3n) is 5.94. The topological polar surface area (TPSA) is 67.3 Å². The van der Waals surface area contributed by atoms with Crippen LogP contribution in [0.3, 0.4) is 0 Å². The molecule has 2 aromatic heterocycles. The summed E-state index contributed by atoms with van der Waals surface area (Å²) in [6.45, 7) is 11.8. The van der Waals surface area contributed by atoms with Crippen molar-refractivity contribution in [1.82, 2.24) is 20.2 Å². The summed E-state index contributed by atoms with van der Waals surface area (Å²) in [6.07, 6.45) is 1.90. The average Bonchev–Trinajstić information content (AvgIpc) is 2.78. The first kappa shape index (κ1) is 20.1. The van der Waals surface area contributed by atoms with Crippen molar-refractivity contribution < 1.29 is 4.74 Å². The zero-order valence-corrected chi connectivity index (χ0v) is 18.3. The van der Waals surface area contributed by atoms with Crippen LogP contribution in [0.5, 0.6) is 5.75 Å². The van der Waals surface area contributed by atoms with E-state index in [1.807, 2.05) is 44.3 Å². The maximum Gasteiger partial charge on any atom is 0.225 e. The molecule has 4 rings (SSSR count). The molecular formula is C23H28N6O. The van der Waals surface area contributed by atoms with Crippen molar-refractivity contribution in [3.05, 3.63) is 52.8 Å². The molecule has 3 aromatic rings. The molecule has 156 valence electrons. The highest BCUT2D eigenvalue weighted by atomic mass is 16.5. The van der Waals surface area contributed by atoms with Crippen molar-refractivity contribution in [2.45, 2.75) is 27.7 Å². The molecule has 1 aromatic carbocycles. The summed E-state index contributed by atoms with van der Waals surface area (Å²) >= 11 is 0. The molecule has 3 heterocycles. The summed E-state index contributed by atoms with van der Waals surface area (Å²) in [5.41, 5.74) is 6.45. The summed E-state index contributed by atoms with van der Waals surface area (Å²) in [7, 11) is 1.67. The quantitative estimate of drug-likeness (QED) is 0.659. The summed E-state index contributed by atoms with van der Waals surface area (Å²) in [4.78, 5) is 13.7. The molecule has 30 heavy (non-hydrogen) atoms. The lowest BCUT2D eigenvalue weighted by Gasteiger charge is -2.36. The number of piperazine rings is 1. The lowest BCUT2D eigenvalue weighted by atomic mass is 10.0. The number of aromatic nitrogens is 4. The fraction of sp³-hybridized carbons (Fsp3) is 0.391. The van der Waals surface area contributed by atoms with Gasteiger partial charge in [0.05, 0.1) is 12.8 Å². The molecule has 7 heteroatoms. The van der Waals surface area contributed by atoms with E-state index in [0.717, 1.165) is 71.8 Å². The van der Waals surface area contributed by atoms with E-state index in [9.17, 15) is 0 Å². The Morgan fingerprint density at radius 2 is 1.50 bits per heavy atom. The predicted molar refractivity (Wildman–Crippen MR) is 119 cm³/mol. The number of anilines is 2. The van der Waals surface area contributed by atoms with Crippen LogP contribution >= 0.6 is 0 Å². The fourth-order valence-electron chi connectivity index (χ4n) is 3.70. The lowest BCUT2D eigenvalue weighted by molar-refractivity contribution is 0.415. The molecule has 0 saturated carbocycles. The summed E-state index contributed by atoms with van der Waals surface area (Å²) in [5.74, 6) is 2.61. The minimum atomic E-state index is 0.812. The van der Waals surface area contributed by atoms with Gasteiger partial charge in [0.2, 0.25) is 5.95 Å². The van der Waals surface area contributed by atoms with Crippen LogP contribution in [0.4, 0.5) is 11.8 Å². The standard InChI is InChI=1S/C23H28N6O/c1-15-14-24-23(25-18(15)4)29-12-10-28(11-13-29)22-17(3)16(2)21(26-27-22)19-6-8-20(30-5)9-7-19/h6-9,14H,10-13H2,1-5H3. The maximum atomic E-state index is 5.25. The van der Waals surface area contributed by atoms with Gasteiger partial charge in [-0.3, -0.25) is 0 Å². The Morgan fingerprint density at radius 1 is 0.833 bits per heavy atom. The highest BCUT2D eigenvalue weighted by Crippen LogP contribution is 2.29. The number of methoxy groups -OCH3 is 1. The molecule has 7 nitrogen and oxygen atoms in total. The van der Waals surface area contributed by atoms with Crippen LogP contribution in [0.25, 0.3) is 11.3 Å². The number of aryl methyl sites for hydroxylation is 2. The Labute approximate surface area is 177 Å². The molecule has 0 spiro atoms. The van der Waals surface area contributed by atoms with Crippen LogP contribution in [-0.4, -0.2) is 53.5 Å². The Hall–Kier alpha value is -3.22. The van der Waals surface area contributed by atoms with E-state index in [1.54, 1.807) is 7.11 Å². The van der Waals surface area contributed by atoms with Crippen LogP contribution in [0, 0.1) is 27.7 Å². The van der Waals surface area contributed by atoms with E-state index < -0.39 is 0 Å². The molecular weight excluding hydrogens is 376 g/mol. The zero-order chi connectivity index (χ0) is 21.3. The number of hydrogen-bond acceptors (Lipinski definition) is 7. The zero-order valence-electron chi connectivity index (χ0n) is 18.3. The number of benzene rings is 1. The number of hydrogen-bond donors (Lipinski definition) is 0. The molecule has 1 aliphatic heterocycles. The number of rotatable bonds is 4. The van der Waals surface area contributed by atoms with Gasteiger partial charge in [0.1, 0.15) is 5.75 Å². The van der Waals surface area contributed by atoms with Crippen molar-refractivity contribution in [2.24, 2.45) is 0 Å². The summed E-state index contributed by atoms with van der Waals surface area (Å²) in [5, 5.41) is 9.17. The van der Waals surface area contributed by atoms with Gasteiger partial charge >= 0.3 is 0 Å². The van der Waals surface area contributed by atoms with Crippen LogP contribution < -0.4 is 14.5 Å².